The Kier molecular flexibility index (Phi) is 6.51. The van der Waals surface area contributed by atoms with Gasteiger partial charge in [-0.2, -0.15) is 0 Å². The van der Waals surface area contributed by atoms with E-state index in [2.05, 4.69) is 15.2 Å². The van der Waals surface area contributed by atoms with E-state index >= 15 is 0 Å². The first kappa shape index (κ1) is 20.1. The SMILES string of the molecule is CCN(CC)C(=O)c1cn(C2CCN(Cc3ccc(OC)cc3O)CC2)nn1. The van der Waals surface area contributed by atoms with Gasteiger partial charge in [0.2, 0.25) is 0 Å². The highest BCUT2D eigenvalue weighted by Gasteiger charge is 2.24. The molecule has 0 aliphatic carbocycles. The molecular weight excluding hydrogens is 358 g/mol. The molecule has 28 heavy (non-hydrogen) atoms. The number of aromatic nitrogens is 3. The lowest BCUT2D eigenvalue weighted by Crippen LogP contribution is -2.34. The van der Waals surface area contributed by atoms with Crippen molar-refractivity contribution in [3.05, 3.63) is 35.7 Å². The van der Waals surface area contributed by atoms with Crippen LogP contribution in [0.2, 0.25) is 0 Å². The van der Waals surface area contributed by atoms with Gasteiger partial charge in [-0.15, -0.1) is 5.10 Å². The molecule has 1 aromatic heterocycles. The Morgan fingerprint density at radius 3 is 2.61 bits per heavy atom. The highest BCUT2D eigenvalue weighted by Crippen LogP contribution is 2.27. The molecule has 0 spiro atoms. The molecule has 0 atom stereocenters. The summed E-state index contributed by atoms with van der Waals surface area (Å²) in [5.74, 6) is 0.849. The molecule has 152 valence electrons. The second-order valence-corrected chi connectivity index (χ2v) is 7.06. The van der Waals surface area contributed by atoms with Gasteiger partial charge in [0.15, 0.2) is 5.69 Å². The third-order valence-electron chi connectivity index (χ3n) is 5.40. The fourth-order valence-electron chi connectivity index (χ4n) is 3.61. The summed E-state index contributed by atoms with van der Waals surface area (Å²) in [6.45, 7) is 7.75. The van der Waals surface area contributed by atoms with Gasteiger partial charge in [-0.1, -0.05) is 11.3 Å². The Morgan fingerprint density at radius 2 is 2.00 bits per heavy atom. The summed E-state index contributed by atoms with van der Waals surface area (Å²) in [6.07, 6.45) is 3.63. The third-order valence-corrected chi connectivity index (χ3v) is 5.40. The van der Waals surface area contributed by atoms with E-state index in [1.807, 2.05) is 30.7 Å². The Labute approximate surface area is 165 Å². The van der Waals surface area contributed by atoms with Gasteiger partial charge in [-0.3, -0.25) is 9.69 Å². The number of ether oxygens (including phenoxy) is 1. The zero-order valence-corrected chi connectivity index (χ0v) is 16.8. The number of carbonyl (C=O) groups is 1. The van der Waals surface area contributed by atoms with Crippen molar-refractivity contribution in [2.45, 2.75) is 39.3 Å². The van der Waals surface area contributed by atoms with Crippen LogP contribution in [0.5, 0.6) is 11.5 Å². The number of carbonyl (C=O) groups excluding carboxylic acids is 1. The highest BCUT2D eigenvalue weighted by atomic mass is 16.5. The Bertz CT molecular complexity index is 795. The quantitative estimate of drug-likeness (QED) is 0.785. The predicted molar refractivity (Wildman–Crippen MR) is 105 cm³/mol. The maximum absolute atomic E-state index is 12.4. The minimum absolute atomic E-state index is 0.0660. The molecule has 1 aromatic carbocycles. The van der Waals surface area contributed by atoms with Crippen molar-refractivity contribution in [1.29, 1.82) is 0 Å². The van der Waals surface area contributed by atoms with E-state index in [0.717, 1.165) is 31.5 Å². The van der Waals surface area contributed by atoms with Gasteiger partial charge in [0.1, 0.15) is 11.5 Å². The number of phenols is 1. The van der Waals surface area contributed by atoms with Crippen LogP contribution in [0.15, 0.2) is 24.4 Å². The van der Waals surface area contributed by atoms with Crippen LogP contribution in [-0.4, -0.2) is 69.1 Å². The molecule has 0 unspecified atom stereocenters. The average molecular weight is 387 g/mol. The number of likely N-dealkylation sites (tertiary alicyclic amines) is 1. The summed E-state index contributed by atoms with van der Waals surface area (Å²) in [5.41, 5.74) is 1.31. The van der Waals surface area contributed by atoms with Gasteiger partial charge in [-0.25, -0.2) is 4.68 Å². The van der Waals surface area contributed by atoms with Crippen molar-refractivity contribution >= 4 is 5.91 Å². The summed E-state index contributed by atoms with van der Waals surface area (Å²) >= 11 is 0. The van der Waals surface area contributed by atoms with Crippen LogP contribution >= 0.6 is 0 Å². The molecule has 1 saturated heterocycles. The van der Waals surface area contributed by atoms with Gasteiger partial charge < -0.3 is 14.7 Å². The summed E-state index contributed by atoms with van der Waals surface area (Å²) in [6, 6.07) is 5.66. The summed E-state index contributed by atoms with van der Waals surface area (Å²) in [5, 5.41) is 18.4. The maximum atomic E-state index is 12.4. The molecule has 0 radical (unpaired) electrons. The third kappa shape index (κ3) is 4.44. The smallest absolute Gasteiger partial charge is 0.276 e. The van der Waals surface area contributed by atoms with Crippen LogP contribution in [-0.2, 0) is 6.54 Å². The second kappa shape index (κ2) is 9.05. The van der Waals surface area contributed by atoms with E-state index in [0.29, 0.717) is 31.1 Å². The molecular formula is C20H29N5O3. The van der Waals surface area contributed by atoms with Crippen molar-refractivity contribution < 1.29 is 14.6 Å². The predicted octanol–water partition coefficient (Wildman–Crippen LogP) is 2.31. The lowest BCUT2D eigenvalue weighted by atomic mass is 10.0. The fourth-order valence-corrected chi connectivity index (χ4v) is 3.61. The van der Waals surface area contributed by atoms with Crippen LogP contribution < -0.4 is 4.74 Å². The van der Waals surface area contributed by atoms with Gasteiger partial charge >= 0.3 is 0 Å². The van der Waals surface area contributed by atoms with Crippen LogP contribution in [0.4, 0.5) is 0 Å². The second-order valence-electron chi connectivity index (χ2n) is 7.06. The van der Waals surface area contributed by atoms with E-state index in [9.17, 15) is 9.90 Å². The number of aromatic hydroxyl groups is 1. The first-order chi connectivity index (χ1) is 13.5. The highest BCUT2D eigenvalue weighted by molar-refractivity contribution is 5.91. The largest absolute Gasteiger partial charge is 0.507 e. The number of phenolic OH excluding ortho intramolecular Hbond substituents is 1. The topological polar surface area (TPSA) is 83.7 Å². The number of methoxy groups -OCH3 is 1. The summed E-state index contributed by atoms with van der Waals surface area (Å²) in [4.78, 5) is 16.5. The zero-order valence-electron chi connectivity index (χ0n) is 16.8. The van der Waals surface area contributed by atoms with Gasteiger partial charge in [-0.05, 0) is 32.8 Å². The fraction of sp³-hybridized carbons (Fsp3) is 0.550. The van der Waals surface area contributed by atoms with Crippen molar-refractivity contribution in [3.63, 3.8) is 0 Å². The van der Waals surface area contributed by atoms with E-state index in [1.54, 1.807) is 24.3 Å². The van der Waals surface area contributed by atoms with Crippen molar-refractivity contribution in [2.24, 2.45) is 0 Å². The molecule has 2 heterocycles. The molecule has 1 aliphatic heterocycles. The van der Waals surface area contributed by atoms with Gasteiger partial charge in [0, 0.05) is 44.4 Å². The molecule has 1 amide bonds. The molecule has 1 N–H and O–H groups in total. The van der Waals surface area contributed by atoms with Crippen LogP contribution in [0.1, 0.15) is 48.8 Å². The van der Waals surface area contributed by atoms with Crippen LogP contribution in [0, 0.1) is 0 Å². The maximum Gasteiger partial charge on any atom is 0.276 e. The monoisotopic (exact) mass is 387 g/mol. The van der Waals surface area contributed by atoms with Crippen molar-refractivity contribution in [2.75, 3.05) is 33.3 Å². The Balaban J connectivity index is 1.56. The Hall–Kier alpha value is -2.61. The van der Waals surface area contributed by atoms with Gasteiger partial charge in [0.25, 0.3) is 5.91 Å². The van der Waals surface area contributed by atoms with Crippen molar-refractivity contribution in [1.82, 2.24) is 24.8 Å². The summed E-state index contributed by atoms with van der Waals surface area (Å²) in [7, 11) is 1.59. The van der Waals surface area contributed by atoms with Crippen molar-refractivity contribution in [3.8, 4) is 11.5 Å². The number of rotatable bonds is 7. The number of piperidine rings is 1. The lowest BCUT2D eigenvalue weighted by Gasteiger charge is -2.31. The average Bonchev–Trinajstić information content (AvgIpc) is 3.21. The number of hydrogen-bond acceptors (Lipinski definition) is 6. The number of nitrogens with zero attached hydrogens (tertiary/aromatic N) is 5. The van der Waals surface area contributed by atoms with E-state index in [4.69, 9.17) is 4.74 Å². The van der Waals surface area contributed by atoms with E-state index in [1.165, 1.54) is 0 Å². The van der Waals surface area contributed by atoms with Crippen LogP contribution in [0.25, 0.3) is 0 Å². The molecule has 8 nitrogen and oxygen atoms in total. The molecule has 8 heteroatoms. The minimum atomic E-state index is -0.0660. The number of amides is 1. The lowest BCUT2D eigenvalue weighted by molar-refractivity contribution is 0.0767. The minimum Gasteiger partial charge on any atom is -0.507 e. The number of hydrogen-bond donors (Lipinski definition) is 1. The molecule has 3 rings (SSSR count). The molecule has 1 fully saturated rings. The van der Waals surface area contributed by atoms with Gasteiger partial charge in [0.05, 0.1) is 19.3 Å². The van der Waals surface area contributed by atoms with E-state index in [-0.39, 0.29) is 17.7 Å². The molecule has 1 aliphatic rings. The number of benzene rings is 1. The summed E-state index contributed by atoms with van der Waals surface area (Å²) < 4.78 is 6.97. The Morgan fingerprint density at radius 1 is 1.29 bits per heavy atom. The molecule has 0 saturated carbocycles. The molecule has 2 aromatic rings. The first-order valence-corrected chi connectivity index (χ1v) is 9.85. The van der Waals surface area contributed by atoms with Crippen LogP contribution in [0.3, 0.4) is 0 Å². The van der Waals surface area contributed by atoms with E-state index < -0.39 is 0 Å². The zero-order chi connectivity index (χ0) is 20.1. The normalized spacial score (nSPS) is 15.5. The molecule has 0 bridgehead atoms. The first-order valence-electron chi connectivity index (χ1n) is 9.85. The standard InChI is InChI=1S/C20H29N5O3/c1-4-24(5-2)20(27)18-14-25(22-21-18)16-8-10-23(11-9-16)13-15-6-7-17(28-3)12-19(15)26/h6-7,12,14,16,26H,4-5,8-11,13H2,1-3H3.